The fourth-order valence-corrected chi connectivity index (χ4v) is 4.42. The number of ether oxygens (including phenoxy) is 2. The Kier molecular flexibility index (Phi) is 7.44. The van der Waals surface area contributed by atoms with E-state index in [0.717, 1.165) is 4.90 Å². The molecule has 8 nitrogen and oxygen atoms in total. The lowest BCUT2D eigenvalue weighted by Gasteiger charge is -2.47. The maximum atomic E-state index is 12.9. The number of amides is 2. The van der Waals surface area contributed by atoms with Gasteiger partial charge in [0.1, 0.15) is 11.4 Å². The Bertz CT molecular complexity index is 854. The number of hydrogen-bond donors (Lipinski definition) is 1. The molecule has 1 saturated heterocycles. The highest BCUT2D eigenvalue weighted by molar-refractivity contribution is 8.14. The summed E-state index contributed by atoms with van der Waals surface area (Å²) in [5.41, 5.74) is -0.278. The van der Waals surface area contributed by atoms with Crippen LogP contribution in [0.5, 0.6) is 5.75 Å². The predicted molar refractivity (Wildman–Crippen MR) is 113 cm³/mol. The Morgan fingerprint density at radius 3 is 2.43 bits per heavy atom. The van der Waals surface area contributed by atoms with Gasteiger partial charge in [0, 0.05) is 0 Å². The van der Waals surface area contributed by atoms with Crippen molar-refractivity contribution in [3.8, 4) is 5.75 Å². The van der Waals surface area contributed by atoms with Crippen molar-refractivity contribution in [3.05, 3.63) is 42.0 Å². The summed E-state index contributed by atoms with van der Waals surface area (Å²) in [5, 5.41) is 1.40. The minimum absolute atomic E-state index is 0.203. The van der Waals surface area contributed by atoms with Crippen LogP contribution in [0, 0.1) is 0 Å². The van der Waals surface area contributed by atoms with Crippen LogP contribution in [0.15, 0.2) is 36.4 Å². The molecule has 1 aromatic rings. The largest absolute Gasteiger partial charge is 0.597 e. The molecule has 1 aromatic carbocycles. The smallest absolute Gasteiger partial charge is 0.333 e. The topological polar surface area (TPSA) is 108 Å². The highest BCUT2D eigenvalue weighted by atomic mass is 35.7. The molecule has 2 rings (SSSR count). The van der Waals surface area contributed by atoms with Gasteiger partial charge >= 0.3 is 5.97 Å². The van der Waals surface area contributed by atoms with E-state index < -0.39 is 51.2 Å². The SMILES string of the molecule is C=C(C)C(C(=O)OC(C)(C)C)N1C(=O)C(NC(=O)c2ccccc2OC)C1[S+]([O-])Cl. The van der Waals surface area contributed by atoms with Gasteiger partial charge in [-0.1, -0.05) is 18.7 Å². The molecule has 0 aliphatic carbocycles. The lowest BCUT2D eigenvalue weighted by molar-refractivity contribution is -0.169. The Morgan fingerprint density at radius 1 is 1.33 bits per heavy atom. The predicted octanol–water partition coefficient (Wildman–Crippen LogP) is 2.15. The zero-order valence-electron chi connectivity index (χ0n) is 17.4. The van der Waals surface area contributed by atoms with Crippen LogP contribution in [-0.2, 0) is 24.7 Å². The van der Waals surface area contributed by atoms with E-state index in [0.29, 0.717) is 11.3 Å². The average Bonchev–Trinajstić information content (AvgIpc) is 2.63. The molecule has 2 amide bonds. The van der Waals surface area contributed by atoms with Crippen molar-refractivity contribution in [2.75, 3.05) is 7.11 Å². The molecule has 30 heavy (non-hydrogen) atoms. The number of β-lactam (4-membered cyclic amide) rings is 1. The first kappa shape index (κ1) is 24.0. The lowest BCUT2D eigenvalue weighted by Crippen LogP contribution is -2.75. The first-order chi connectivity index (χ1) is 13.9. The van der Waals surface area contributed by atoms with Crippen molar-refractivity contribution in [1.29, 1.82) is 0 Å². The second-order valence-corrected chi connectivity index (χ2v) is 9.71. The van der Waals surface area contributed by atoms with Gasteiger partial charge in [0.25, 0.3) is 11.8 Å². The second kappa shape index (κ2) is 9.28. The van der Waals surface area contributed by atoms with Crippen LogP contribution in [0.2, 0.25) is 0 Å². The number of likely N-dealkylation sites (tertiary alicyclic amines) is 1. The Labute approximate surface area is 183 Å². The number of nitrogens with zero attached hydrogens (tertiary/aromatic N) is 1. The van der Waals surface area contributed by atoms with E-state index in [4.69, 9.17) is 20.2 Å². The van der Waals surface area contributed by atoms with Crippen LogP contribution in [0.3, 0.4) is 0 Å². The first-order valence-corrected chi connectivity index (χ1v) is 11.1. The van der Waals surface area contributed by atoms with Crippen LogP contribution in [-0.4, -0.2) is 57.4 Å². The van der Waals surface area contributed by atoms with Gasteiger partial charge in [-0.15, -0.1) is 0 Å². The molecule has 1 heterocycles. The van der Waals surface area contributed by atoms with Crippen LogP contribution in [0.25, 0.3) is 0 Å². The van der Waals surface area contributed by atoms with Gasteiger partial charge in [0.2, 0.25) is 5.37 Å². The monoisotopic (exact) mass is 456 g/mol. The quantitative estimate of drug-likeness (QED) is 0.291. The van der Waals surface area contributed by atoms with Crippen molar-refractivity contribution < 1.29 is 28.4 Å². The lowest BCUT2D eigenvalue weighted by atomic mass is 9.98. The van der Waals surface area contributed by atoms with Gasteiger partial charge in [-0.3, -0.25) is 14.5 Å². The number of benzene rings is 1. The van der Waals surface area contributed by atoms with E-state index in [-0.39, 0.29) is 5.56 Å². The van der Waals surface area contributed by atoms with Crippen LogP contribution < -0.4 is 10.1 Å². The summed E-state index contributed by atoms with van der Waals surface area (Å²) < 4.78 is 22.7. The van der Waals surface area contributed by atoms with Gasteiger partial charge < -0.3 is 19.3 Å². The average molecular weight is 457 g/mol. The molecule has 1 aliphatic rings. The minimum Gasteiger partial charge on any atom is -0.597 e. The Hall–Kier alpha value is -2.23. The maximum absolute atomic E-state index is 12.9. The zero-order chi connectivity index (χ0) is 22.8. The molecule has 164 valence electrons. The van der Waals surface area contributed by atoms with Crippen molar-refractivity contribution in [3.63, 3.8) is 0 Å². The van der Waals surface area contributed by atoms with Crippen molar-refractivity contribution in [2.45, 2.75) is 50.8 Å². The number of esters is 1. The Balaban J connectivity index is 2.27. The molecule has 10 heteroatoms. The van der Waals surface area contributed by atoms with Crippen molar-refractivity contribution in [2.24, 2.45) is 0 Å². The highest BCUT2D eigenvalue weighted by Crippen LogP contribution is 2.33. The third-order valence-electron chi connectivity index (χ3n) is 4.28. The summed E-state index contributed by atoms with van der Waals surface area (Å²) in [6.07, 6.45) is 0. The molecule has 4 atom stereocenters. The molecule has 0 bridgehead atoms. The van der Waals surface area contributed by atoms with Gasteiger partial charge in [-0.2, -0.15) is 0 Å². The standard InChI is InChI=1S/C20H25ClN2O6S/c1-11(2)15(19(26)29-20(3,4)5)23-17(25)14(18(23)30(21)27)22-16(24)12-9-7-8-10-13(12)28-6/h7-10,14-15,18H,1H2,2-6H3,(H,22,24). The molecule has 0 spiro atoms. The fraction of sp³-hybridized carbons (Fsp3) is 0.450. The van der Waals surface area contributed by atoms with E-state index in [1.54, 1.807) is 45.9 Å². The van der Waals surface area contributed by atoms with Gasteiger partial charge in [-0.25, -0.2) is 4.79 Å². The summed E-state index contributed by atoms with van der Waals surface area (Å²) in [6.45, 7) is 10.4. The third kappa shape index (κ3) is 5.08. The highest BCUT2D eigenvalue weighted by Gasteiger charge is 2.60. The summed E-state index contributed by atoms with van der Waals surface area (Å²) in [5.74, 6) is -1.61. The van der Waals surface area contributed by atoms with Crippen molar-refractivity contribution in [1.82, 2.24) is 10.2 Å². The van der Waals surface area contributed by atoms with E-state index in [1.165, 1.54) is 13.2 Å². The molecule has 1 N–H and O–H groups in total. The number of halogens is 1. The molecule has 4 unspecified atom stereocenters. The number of carbonyl (C=O) groups is 3. The van der Waals surface area contributed by atoms with Crippen LogP contribution in [0.1, 0.15) is 38.1 Å². The van der Waals surface area contributed by atoms with Crippen molar-refractivity contribution >= 4 is 38.9 Å². The van der Waals surface area contributed by atoms with E-state index in [1.807, 2.05) is 0 Å². The minimum atomic E-state index is -2.08. The third-order valence-corrected chi connectivity index (χ3v) is 5.71. The summed E-state index contributed by atoms with van der Waals surface area (Å²) in [4.78, 5) is 39.2. The molecule has 1 aliphatic heterocycles. The molecule has 0 aromatic heterocycles. The molecular formula is C20H25ClN2O6S. The van der Waals surface area contributed by atoms with Gasteiger partial charge in [-0.05, 0) is 45.4 Å². The molecule has 0 saturated carbocycles. The Morgan fingerprint density at radius 2 is 1.93 bits per heavy atom. The van der Waals surface area contributed by atoms with Crippen LogP contribution in [0.4, 0.5) is 0 Å². The van der Waals surface area contributed by atoms with E-state index >= 15 is 0 Å². The summed E-state index contributed by atoms with van der Waals surface area (Å²) >= 11 is 0. The van der Waals surface area contributed by atoms with E-state index in [2.05, 4.69) is 11.9 Å². The van der Waals surface area contributed by atoms with Gasteiger partial charge in [0.05, 0.1) is 23.1 Å². The number of carbonyl (C=O) groups excluding carboxylic acids is 3. The van der Waals surface area contributed by atoms with Crippen LogP contribution >= 0.6 is 10.7 Å². The summed E-state index contributed by atoms with van der Waals surface area (Å²) in [6, 6.07) is 4.11. The second-order valence-electron chi connectivity index (χ2n) is 7.82. The zero-order valence-corrected chi connectivity index (χ0v) is 19.0. The number of methoxy groups -OCH3 is 1. The number of rotatable bonds is 7. The summed E-state index contributed by atoms with van der Waals surface area (Å²) in [7, 11) is 5.16. The molecular weight excluding hydrogens is 432 g/mol. The maximum Gasteiger partial charge on any atom is 0.333 e. The number of hydrogen-bond acceptors (Lipinski definition) is 6. The first-order valence-electron chi connectivity index (χ1n) is 9.10. The normalized spacial score (nSPS) is 20.6. The fourth-order valence-electron chi connectivity index (χ4n) is 3.05. The van der Waals surface area contributed by atoms with E-state index in [9.17, 15) is 18.9 Å². The number of nitrogens with one attached hydrogen (secondary N) is 1. The van der Waals surface area contributed by atoms with Gasteiger partial charge in [0.15, 0.2) is 22.8 Å². The number of para-hydroxylation sites is 1. The molecule has 1 fully saturated rings. The molecule has 0 radical (unpaired) electrons.